The number of hydrogen-bond donors (Lipinski definition) is 1. The van der Waals surface area contributed by atoms with Gasteiger partial charge in [-0.05, 0) is 31.6 Å². The van der Waals surface area contributed by atoms with Gasteiger partial charge in [0.15, 0.2) is 0 Å². The van der Waals surface area contributed by atoms with Gasteiger partial charge >= 0.3 is 5.97 Å². The Morgan fingerprint density at radius 1 is 1.29 bits per heavy atom. The van der Waals surface area contributed by atoms with Crippen molar-refractivity contribution in [1.29, 1.82) is 0 Å². The summed E-state index contributed by atoms with van der Waals surface area (Å²) >= 11 is 0. The fourth-order valence-corrected chi connectivity index (χ4v) is 2.49. The van der Waals surface area contributed by atoms with Gasteiger partial charge in [-0.1, -0.05) is 32.6 Å². The van der Waals surface area contributed by atoms with Crippen molar-refractivity contribution in [1.82, 2.24) is 0 Å². The first-order valence-corrected chi connectivity index (χ1v) is 7.07. The number of carbonyl (C=O) groups is 1. The van der Waals surface area contributed by atoms with Crippen molar-refractivity contribution in [3.8, 4) is 0 Å². The molecular weight excluding hydrogens is 216 g/mol. The van der Waals surface area contributed by atoms with Crippen LogP contribution < -0.4 is 0 Å². The third-order valence-corrected chi connectivity index (χ3v) is 3.56. The Balaban J connectivity index is 2.18. The SMILES string of the molecule is CCCOC(=O)CCC(O)C1CCCCCC1. The molecule has 3 nitrogen and oxygen atoms in total. The molecule has 0 aromatic heterocycles. The zero-order valence-corrected chi connectivity index (χ0v) is 11.0. The van der Waals surface area contributed by atoms with E-state index in [1.807, 2.05) is 6.92 Å². The lowest BCUT2D eigenvalue weighted by Gasteiger charge is -2.20. The van der Waals surface area contributed by atoms with Crippen LogP contribution in [-0.4, -0.2) is 23.8 Å². The maximum Gasteiger partial charge on any atom is 0.305 e. The molecule has 1 saturated carbocycles. The molecule has 1 fully saturated rings. The second-order valence-electron chi connectivity index (χ2n) is 5.08. The van der Waals surface area contributed by atoms with Crippen molar-refractivity contribution in [3.05, 3.63) is 0 Å². The van der Waals surface area contributed by atoms with E-state index in [0.717, 1.165) is 19.3 Å². The first-order valence-electron chi connectivity index (χ1n) is 7.07. The summed E-state index contributed by atoms with van der Waals surface area (Å²) in [4.78, 5) is 11.3. The highest BCUT2D eigenvalue weighted by Crippen LogP contribution is 2.27. The molecule has 1 aliphatic rings. The van der Waals surface area contributed by atoms with Crippen molar-refractivity contribution >= 4 is 5.97 Å². The molecule has 0 bridgehead atoms. The molecule has 1 atom stereocenters. The Hall–Kier alpha value is -0.570. The largest absolute Gasteiger partial charge is 0.466 e. The van der Waals surface area contributed by atoms with E-state index in [9.17, 15) is 9.90 Å². The van der Waals surface area contributed by atoms with Crippen LogP contribution in [-0.2, 0) is 9.53 Å². The van der Waals surface area contributed by atoms with Gasteiger partial charge < -0.3 is 9.84 Å². The summed E-state index contributed by atoms with van der Waals surface area (Å²) in [6.07, 6.45) is 8.73. The van der Waals surface area contributed by atoms with Gasteiger partial charge in [-0.3, -0.25) is 4.79 Å². The molecule has 100 valence electrons. The van der Waals surface area contributed by atoms with Crippen molar-refractivity contribution in [2.24, 2.45) is 5.92 Å². The van der Waals surface area contributed by atoms with Gasteiger partial charge in [-0.15, -0.1) is 0 Å². The zero-order chi connectivity index (χ0) is 12.5. The van der Waals surface area contributed by atoms with Crippen LogP contribution in [0.2, 0.25) is 0 Å². The predicted molar refractivity (Wildman–Crippen MR) is 67.7 cm³/mol. The molecule has 0 heterocycles. The normalized spacial score (nSPS) is 19.6. The van der Waals surface area contributed by atoms with Gasteiger partial charge in [0.2, 0.25) is 0 Å². The predicted octanol–water partition coefficient (Wildman–Crippen LogP) is 3.05. The third kappa shape index (κ3) is 6.06. The van der Waals surface area contributed by atoms with E-state index in [4.69, 9.17) is 4.74 Å². The topological polar surface area (TPSA) is 46.5 Å². The molecule has 0 saturated heterocycles. The van der Waals surface area contributed by atoms with E-state index in [0.29, 0.717) is 25.4 Å². The molecule has 0 amide bonds. The van der Waals surface area contributed by atoms with Crippen LogP contribution in [0.15, 0.2) is 0 Å². The quantitative estimate of drug-likeness (QED) is 0.575. The lowest BCUT2D eigenvalue weighted by Crippen LogP contribution is -2.21. The van der Waals surface area contributed by atoms with Gasteiger partial charge in [0.05, 0.1) is 12.7 Å². The van der Waals surface area contributed by atoms with Gasteiger partial charge in [-0.2, -0.15) is 0 Å². The lowest BCUT2D eigenvalue weighted by molar-refractivity contribution is -0.144. The molecule has 0 radical (unpaired) electrons. The van der Waals surface area contributed by atoms with Crippen molar-refractivity contribution in [3.63, 3.8) is 0 Å². The summed E-state index contributed by atoms with van der Waals surface area (Å²) in [5.41, 5.74) is 0. The van der Waals surface area contributed by atoms with Crippen LogP contribution in [0.4, 0.5) is 0 Å². The van der Waals surface area contributed by atoms with E-state index >= 15 is 0 Å². The first-order chi connectivity index (χ1) is 8.24. The van der Waals surface area contributed by atoms with E-state index in [2.05, 4.69) is 0 Å². The van der Waals surface area contributed by atoms with Crippen molar-refractivity contribution in [2.75, 3.05) is 6.61 Å². The highest BCUT2D eigenvalue weighted by atomic mass is 16.5. The molecule has 3 heteroatoms. The van der Waals surface area contributed by atoms with Crippen LogP contribution >= 0.6 is 0 Å². The first kappa shape index (κ1) is 14.5. The van der Waals surface area contributed by atoms with Crippen LogP contribution in [0.1, 0.15) is 64.7 Å². The highest BCUT2D eigenvalue weighted by molar-refractivity contribution is 5.69. The molecule has 0 spiro atoms. The minimum atomic E-state index is -0.317. The van der Waals surface area contributed by atoms with Crippen LogP contribution in [0, 0.1) is 5.92 Å². The Morgan fingerprint density at radius 3 is 2.53 bits per heavy atom. The summed E-state index contributed by atoms with van der Waals surface area (Å²) in [7, 11) is 0. The van der Waals surface area contributed by atoms with Crippen LogP contribution in [0.3, 0.4) is 0 Å². The molecular formula is C14H26O3. The monoisotopic (exact) mass is 242 g/mol. The fourth-order valence-electron chi connectivity index (χ4n) is 2.49. The van der Waals surface area contributed by atoms with Gasteiger partial charge in [0, 0.05) is 6.42 Å². The average molecular weight is 242 g/mol. The Labute approximate surface area is 105 Å². The number of aliphatic hydroxyl groups excluding tert-OH is 1. The van der Waals surface area contributed by atoms with E-state index < -0.39 is 0 Å². The maximum atomic E-state index is 11.3. The van der Waals surface area contributed by atoms with E-state index in [1.54, 1.807) is 0 Å². The summed E-state index contributed by atoms with van der Waals surface area (Å²) in [6, 6.07) is 0. The number of carbonyl (C=O) groups excluding carboxylic acids is 1. The minimum absolute atomic E-state index is 0.167. The van der Waals surface area contributed by atoms with Crippen LogP contribution in [0.25, 0.3) is 0 Å². The zero-order valence-electron chi connectivity index (χ0n) is 11.0. The van der Waals surface area contributed by atoms with Gasteiger partial charge in [-0.25, -0.2) is 0 Å². The lowest BCUT2D eigenvalue weighted by atomic mass is 9.91. The Bertz CT molecular complexity index is 208. The summed E-state index contributed by atoms with van der Waals surface area (Å²) in [5, 5.41) is 10.1. The Morgan fingerprint density at radius 2 is 1.94 bits per heavy atom. The average Bonchev–Trinajstić information content (AvgIpc) is 2.62. The Kier molecular flexibility index (Phi) is 7.25. The van der Waals surface area contributed by atoms with E-state index in [1.165, 1.54) is 25.7 Å². The van der Waals surface area contributed by atoms with E-state index in [-0.39, 0.29) is 12.1 Å². The second kappa shape index (κ2) is 8.51. The number of hydrogen-bond acceptors (Lipinski definition) is 3. The van der Waals surface area contributed by atoms with Crippen molar-refractivity contribution in [2.45, 2.75) is 70.8 Å². The van der Waals surface area contributed by atoms with Crippen LogP contribution in [0.5, 0.6) is 0 Å². The molecule has 1 rings (SSSR count). The van der Waals surface area contributed by atoms with Gasteiger partial charge in [0.25, 0.3) is 0 Å². The summed E-state index contributed by atoms with van der Waals surface area (Å²) in [5.74, 6) is 0.232. The number of aliphatic hydroxyl groups is 1. The summed E-state index contributed by atoms with van der Waals surface area (Å²) in [6.45, 7) is 2.48. The molecule has 0 aromatic rings. The second-order valence-corrected chi connectivity index (χ2v) is 5.08. The standard InChI is InChI=1S/C14H26O3/c1-2-11-17-14(16)10-9-13(15)12-7-5-3-4-6-8-12/h12-13,15H,2-11H2,1H3. The van der Waals surface area contributed by atoms with Crippen molar-refractivity contribution < 1.29 is 14.6 Å². The molecule has 1 N–H and O–H groups in total. The number of rotatable bonds is 6. The maximum absolute atomic E-state index is 11.3. The molecule has 17 heavy (non-hydrogen) atoms. The molecule has 1 unspecified atom stereocenters. The minimum Gasteiger partial charge on any atom is -0.466 e. The molecule has 0 aliphatic heterocycles. The summed E-state index contributed by atoms with van der Waals surface area (Å²) < 4.78 is 5.00. The molecule has 1 aliphatic carbocycles. The number of esters is 1. The molecule has 0 aromatic carbocycles. The smallest absolute Gasteiger partial charge is 0.305 e. The highest BCUT2D eigenvalue weighted by Gasteiger charge is 2.21. The number of ether oxygens (including phenoxy) is 1. The third-order valence-electron chi connectivity index (χ3n) is 3.56. The fraction of sp³-hybridized carbons (Fsp3) is 0.929. The van der Waals surface area contributed by atoms with Gasteiger partial charge in [0.1, 0.15) is 0 Å².